The van der Waals surface area contributed by atoms with Crippen LogP contribution in [0.25, 0.3) is 0 Å². The monoisotopic (exact) mass is 482 g/mol. The van der Waals surface area contributed by atoms with Crippen LogP contribution >= 0.6 is 11.3 Å². The SMILES string of the molecule is C=C/C=C(\C=C)Cc1ccc(CNC(=O)c2ccc(N(CC(N)=O)C(=O)OC(C)(C)C)nc2)s1. The number of hydrogen-bond donors (Lipinski definition) is 2. The Bertz CT molecular complexity index is 1080. The molecule has 0 radical (unpaired) electrons. The second kappa shape index (κ2) is 11.9. The van der Waals surface area contributed by atoms with E-state index in [0.29, 0.717) is 12.1 Å². The molecule has 2 aromatic rings. The number of allylic oxidation sites excluding steroid dienone is 4. The van der Waals surface area contributed by atoms with E-state index in [0.717, 1.165) is 26.6 Å². The Morgan fingerprint density at radius 3 is 2.44 bits per heavy atom. The summed E-state index contributed by atoms with van der Waals surface area (Å²) in [5.74, 6) is -0.880. The summed E-state index contributed by atoms with van der Waals surface area (Å²) in [5.41, 5.74) is 5.88. The van der Waals surface area contributed by atoms with Gasteiger partial charge >= 0.3 is 6.09 Å². The van der Waals surface area contributed by atoms with Crippen LogP contribution in [0.3, 0.4) is 0 Å². The second-order valence-corrected chi connectivity index (χ2v) is 9.60. The number of anilines is 1. The predicted molar refractivity (Wildman–Crippen MR) is 135 cm³/mol. The van der Waals surface area contributed by atoms with Crippen LogP contribution in [0, 0.1) is 0 Å². The molecule has 180 valence electrons. The van der Waals surface area contributed by atoms with Gasteiger partial charge < -0.3 is 15.8 Å². The zero-order valence-electron chi connectivity index (χ0n) is 19.7. The van der Waals surface area contributed by atoms with Crippen LogP contribution in [0.5, 0.6) is 0 Å². The number of thiophene rings is 1. The number of rotatable bonds is 10. The van der Waals surface area contributed by atoms with E-state index in [4.69, 9.17) is 10.5 Å². The molecule has 0 spiro atoms. The van der Waals surface area contributed by atoms with E-state index in [1.54, 1.807) is 44.3 Å². The molecule has 0 atom stereocenters. The molecule has 2 rings (SSSR count). The molecule has 0 saturated heterocycles. The number of amides is 3. The highest BCUT2D eigenvalue weighted by Crippen LogP contribution is 2.21. The lowest BCUT2D eigenvalue weighted by Crippen LogP contribution is -2.42. The maximum atomic E-state index is 12.6. The molecule has 0 fully saturated rings. The lowest BCUT2D eigenvalue weighted by atomic mass is 10.1. The average Bonchev–Trinajstić information content (AvgIpc) is 3.21. The third-order valence-electron chi connectivity index (χ3n) is 4.33. The highest BCUT2D eigenvalue weighted by atomic mass is 32.1. The standard InChI is InChI=1S/C25H30N4O4S/c1-6-8-17(7-2)13-19-10-11-20(34-19)15-28-23(31)18-9-12-22(27-14-18)29(16-21(26)30)24(32)33-25(3,4)5/h6-12,14H,1-2,13,15-16H2,3-5H3,(H2,26,30)(H,28,31)/b17-8+. The van der Waals surface area contributed by atoms with Gasteiger partial charge in [-0.15, -0.1) is 11.3 Å². The molecule has 0 aliphatic carbocycles. The minimum Gasteiger partial charge on any atom is -0.443 e. The van der Waals surface area contributed by atoms with Crippen LogP contribution in [0.15, 0.2) is 67.4 Å². The number of pyridine rings is 1. The van der Waals surface area contributed by atoms with Crippen LogP contribution < -0.4 is 16.0 Å². The Morgan fingerprint density at radius 2 is 1.88 bits per heavy atom. The number of ether oxygens (including phenoxy) is 1. The van der Waals surface area contributed by atoms with Crippen molar-refractivity contribution in [1.82, 2.24) is 10.3 Å². The molecule has 0 unspecified atom stereocenters. The van der Waals surface area contributed by atoms with Crippen LogP contribution in [0.1, 0.15) is 40.9 Å². The van der Waals surface area contributed by atoms with Gasteiger partial charge in [-0.1, -0.05) is 31.4 Å². The Labute approximate surface area is 203 Å². The van der Waals surface area contributed by atoms with Crippen molar-refractivity contribution in [2.75, 3.05) is 11.4 Å². The first-order valence-electron chi connectivity index (χ1n) is 10.6. The van der Waals surface area contributed by atoms with E-state index in [-0.39, 0.29) is 11.7 Å². The zero-order valence-corrected chi connectivity index (χ0v) is 20.5. The molecule has 0 saturated carbocycles. The van der Waals surface area contributed by atoms with E-state index < -0.39 is 24.1 Å². The molecule has 34 heavy (non-hydrogen) atoms. The quantitative estimate of drug-likeness (QED) is 0.494. The summed E-state index contributed by atoms with van der Waals surface area (Å²) < 4.78 is 5.31. The average molecular weight is 483 g/mol. The fraction of sp³-hybridized carbons (Fsp3) is 0.280. The van der Waals surface area contributed by atoms with Gasteiger partial charge in [-0.3, -0.25) is 14.5 Å². The van der Waals surface area contributed by atoms with Gasteiger partial charge in [-0.2, -0.15) is 0 Å². The van der Waals surface area contributed by atoms with Gasteiger partial charge in [0.2, 0.25) is 5.91 Å². The molecule has 2 aromatic heterocycles. The van der Waals surface area contributed by atoms with Crippen LogP contribution in [0.4, 0.5) is 10.6 Å². The van der Waals surface area contributed by atoms with Crippen molar-refractivity contribution in [3.8, 4) is 0 Å². The molecule has 9 heteroatoms. The van der Waals surface area contributed by atoms with Gasteiger partial charge in [-0.25, -0.2) is 9.78 Å². The molecule has 0 aliphatic rings. The number of carbonyl (C=O) groups excluding carboxylic acids is 3. The maximum absolute atomic E-state index is 12.6. The summed E-state index contributed by atoms with van der Waals surface area (Å²) in [6.07, 6.45) is 6.77. The molecule has 2 heterocycles. The first-order valence-corrected chi connectivity index (χ1v) is 11.4. The number of hydrogen-bond acceptors (Lipinski definition) is 6. The molecular weight excluding hydrogens is 452 g/mol. The van der Waals surface area contributed by atoms with Crippen molar-refractivity contribution in [2.45, 2.75) is 39.3 Å². The van der Waals surface area contributed by atoms with Crippen molar-refractivity contribution in [3.05, 3.63) is 82.7 Å². The van der Waals surface area contributed by atoms with Gasteiger partial charge in [-0.05, 0) is 50.6 Å². The Balaban J connectivity index is 2.03. The Morgan fingerprint density at radius 1 is 1.18 bits per heavy atom. The van der Waals surface area contributed by atoms with Gasteiger partial charge in [0, 0.05) is 22.4 Å². The topological polar surface area (TPSA) is 115 Å². The predicted octanol–water partition coefficient (Wildman–Crippen LogP) is 4.14. The minimum absolute atomic E-state index is 0.151. The third-order valence-corrected chi connectivity index (χ3v) is 5.41. The summed E-state index contributed by atoms with van der Waals surface area (Å²) in [7, 11) is 0. The van der Waals surface area contributed by atoms with Gasteiger partial charge in [0.15, 0.2) is 0 Å². The molecule has 0 aliphatic heterocycles. The molecular formula is C25H30N4O4S. The summed E-state index contributed by atoms with van der Waals surface area (Å²) in [5, 5.41) is 2.86. The largest absolute Gasteiger partial charge is 0.443 e. The lowest BCUT2D eigenvalue weighted by Gasteiger charge is -2.26. The van der Waals surface area contributed by atoms with E-state index in [1.807, 2.05) is 18.2 Å². The fourth-order valence-corrected chi connectivity index (χ4v) is 3.82. The lowest BCUT2D eigenvalue weighted by molar-refractivity contribution is -0.116. The highest BCUT2D eigenvalue weighted by Gasteiger charge is 2.25. The normalized spacial score (nSPS) is 11.4. The minimum atomic E-state index is -0.760. The molecule has 0 aromatic carbocycles. The van der Waals surface area contributed by atoms with Crippen LogP contribution in [-0.4, -0.2) is 35.0 Å². The summed E-state index contributed by atoms with van der Waals surface area (Å²) in [6.45, 7) is 12.6. The first kappa shape index (κ1) is 26.5. The fourth-order valence-electron chi connectivity index (χ4n) is 2.83. The van der Waals surface area contributed by atoms with Gasteiger partial charge in [0.05, 0.1) is 12.1 Å². The molecule has 3 amide bonds. The molecule has 8 nitrogen and oxygen atoms in total. The smallest absolute Gasteiger partial charge is 0.416 e. The molecule has 0 bridgehead atoms. The Kier molecular flexibility index (Phi) is 9.32. The summed E-state index contributed by atoms with van der Waals surface area (Å²) in [4.78, 5) is 43.8. The molecule has 3 N–H and O–H groups in total. The van der Waals surface area contributed by atoms with Crippen molar-refractivity contribution < 1.29 is 19.1 Å². The van der Waals surface area contributed by atoms with Crippen molar-refractivity contribution in [2.24, 2.45) is 5.73 Å². The third kappa shape index (κ3) is 8.32. The first-order chi connectivity index (χ1) is 16.0. The summed E-state index contributed by atoms with van der Waals surface area (Å²) in [6, 6.07) is 6.98. The van der Waals surface area contributed by atoms with Gasteiger partial charge in [0.25, 0.3) is 5.91 Å². The number of primary amides is 1. The van der Waals surface area contributed by atoms with Gasteiger partial charge in [0.1, 0.15) is 18.0 Å². The van der Waals surface area contributed by atoms with E-state index in [2.05, 4.69) is 23.5 Å². The van der Waals surface area contributed by atoms with Crippen LogP contribution in [-0.2, 0) is 22.5 Å². The van der Waals surface area contributed by atoms with E-state index in [1.165, 1.54) is 18.3 Å². The second-order valence-electron chi connectivity index (χ2n) is 8.35. The zero-order chi connectivity index (χ0) is 25.3. The number of nitrogens with two attached hydrogens (primary N) is 1. The Hall–Kier alpha value is -3.72. The number of nitrogens with zero attached hydrogens (tertiary/aromatic N) is 2. The maximum Gasteiger partial charge on any atom is 0.416 e. The number of nitrogens with one attached hydrogen (secondary N) is 1. The number of aromatic nitrogens is 1. The van der Waals surface area contributed by atoms with E-state index in [9.17, 15) is 14.4 Å². The highest BCUT2D eigenvalue weighted by molar-refractivity contribution is 7.12. The summed E-state index contributed by atoms with van der Waals surface area (Å²) >= 11 is 1.60. The van der Waals surface area contributed by atoms with E-state index >= 15 is 0 Å². The van der Waals surface area contributed by atoms with Crippen molar-refractivity contribution >= 4 is 35.1 Å². The van der Waals surface area contributed by atoms with Crippen molar-refractivity contribution in [3.63, 3.8) is 0 Å². The van der Waals surface area contributed by atoms with Crippen molar-refractivity contribution in [1.29, 1.82) is 0 Å². The number of carbonyl (C=O) groups is 3. The van der Waals surface area contributed by atoms with Crippen LogP contribution in [0.2, 0.25) is 0 Å².